The second kappa shape index (κ2) is 11.9. The number of hydrogen-bond donors (Lipinski definition) is 2. The lowest BCUT2D eigenvalue weighted by molar-refractivity contribution is -0.143. The molecule has 2 N–H and O–H groups in total. The first-order chi connectivity index (χ1) is 18.2. The average molecular weight is 551 g/mol. The molecule has 1 fully saturated rings. The van der Waals surface area contributed by atoms with Gasteiger partial charge in [0, 0.05) is 27.1 Å². The Balaban J connectivity index is 1.92. The molecule has 0 bridgehead atoms. The van der Waals surface area contributed by atoms with Crippen molar-refractivity contribution in [3.05, 3.63) is 29.6 Å². The zero-order valence-electron chi connectivity index (χ0n) is 22.7. The maximum atomic E-state index is 14.1. The van der Waals surface area contributed by atoms with E-state index in [0.717, 1.165) is 17.0 Å². The van der Waals surface area contributed by atoms with Crippen molar-refractivity contribution in [1.82, 2.24) is 20.0 Å². The molecule has 3 rings (SSSR count). The first-order valence-corrected chi connectivity index (χ1v) is 12.6. The van der Waals surface area contributed by atoms with Gasteiger partial charge in [-0.2, -0.15) is 0 Å². The largest absolute Gasteiger partial charge is 0.491 e. The van der Waals surface area contributed by atoms with Crippen LogP contribution in [0.4, 0.5) is 9.18 Å². The van der Waals surface area contributed by atoms with E-state index in [4.69, 9.17) is 9.47 Å². The van der Waals surface area contributed by atoms with E-state index in [1.54, 1.807) is 20.8 Å². The minimum absolute atomic E-state index is 0.0106. The molecular weight excluding hydrogens is 515 g/mol. The van der Waals surface area contributed by atoms with Gasteiger partial charge in [0.2, 0.25) is 11.8 Å². The van der Waals surface area contributed by atoms with Crippen molar-refractivity contribution in [3.63, 3.8) is 0 Å². The van der Waals surface area contributed by atoms with Gasteiger partial charge in [-0.3, -0.25) is 14.4 Å². The Kier molecular flexibility index (Phi) is 9.03. The van der Waals surface area contributed by atoms with E-state index in [2.05, 4.69) is 5.32 Å². The highest BCUT2D eigenvalue weighted by Gasteiger charge is 2.38. The molecule has 13 heteroatoms. The predicted octanol–water partition coefficient (Wildman–Crippen LogP) is 1.48. The molecular formula is C26H35FN4O8. The SMILES string of the molecule is CN1CC(=O)N2C[C@@H](NC(=O)OC(C)(C)C)C[C@H]2COc2ccc(F)cc2C(=O)N(C)[C@@H](C(=O)O)CCC1=O. The van der Waals surface area contributed by atoms with Crippen LogP contribution in [0.5, 0.6) is 5.75 Å². The Morgan fingerprint density at radius 1 is 1.15 bits per heavy atom. The Hall–Kier alpha value is -3.90. The minimum Gasteiger partial charge on any atom is -0.491 e. The maximum Gasteiger partial charge on any atom is 0.407 e. The number of nitrogens with one attached hydrogen (secondary N) is 1. The zero-order chi connectivity index (χ0) is 29.1. The van der Waals surface area contributed by atoms with E-state index in [-0.39, 0.29) is 43.9 Å². The van der Waals surface area contributed by atoms with Crippen LogP contribution in [0.1, 0.15) is 50.4 Å². The molecule has 1 aromatic carbocycles. The molecule has 12 nitrogen and oxygen atoms in total. The number of amides is 4. The van der Waals surface area contributed by atoms with Crippen LogP contribution in [0.2, 0.25) is 0 Å². The molecule has 0 aliphatic carbocycles. The average Bonchev–Trinajstić information content (AvgIpc) is 3.22. The number of benzene rings is 1. The van der Waals surface area contributed by atoms with Crippen molar-refractivity contribution in [2.24, 2.45) is 0 Å². The molecule has 3 atom stereocenters. The van der Waals surface area contributed by atoms with Crippen LogP contribution in [-0.2, 0) is 19.1 Å². The lowest BCUT2D eigenvalue weighted by Gasteiger charge is -2.27. The molecule has 0 unspecified atom stereocenters. The topological polar surface area (TPSA) is 146 Å². The van der Waals surface area contributed by atoms with Crippen LogP contribution in [0.3, 0.4) is 0 Å². The van der Waals surface area contributed by atoms with Crippen LogP contribution in [-0.4, -0.2) is 107 Å². The summed E-state index contributed by atoms with van der Waals surface area (Å²) in [7, 11) is 2.69. The van der Waals surface area contributed by atoms with Gasteiger partial charge in [0.15, 0.2) is 0 Å². The number of carboxylic acid groups (broad SMARTS) is 1. The summed E-state index contributed by atoms with van der Waals surface area (Å²) < 4.78 is 25.4. The summed E-state index contributed by atoms with van der Waals surface area (Å²) in [5, 5.41) is 12.5. The predicted molar refractivity (Wildman–Crippen MR) is 136 cm³/mol. The third-order valence-corrected chi connectivity index (χ3v) is 6.56. The maximum absolute atomic E-state index is 14.1. The van der Waals surface area contributed by atoms with Gasteiger partial charge in [0.1, 0.15) is 29.8 Å². The van der Waals surface area contributed by atoms with Gasteiger partial charge in [-0.1, -0.05) is 0 Å². The zero-order valence-corrected chi connectivity index (χ0v) is 22.7. The van der Waals surface area contributed by atoms with Crippen LogP contribution >= 0.6 is 0 Å². The molecule has 1 aromatic rings. The van der Waals surface area contributed by atoms with Crippen LogP contribution in [0.25, 0.3) is 0 Å². The van der Waals surface area contributed by atoms with Crippen molar-refractivity contribution in [2.75, 3.05) is 33.8 Å². The van der Waals surface area contributed by atoms with Gasteiger partial charge in [-0.15, -0.1) is 0 Å². The van der Waals surface area contributed by atoms with Crippen molar-refractivity contribution >= 4 is 29.8 Å². The summed E-state index contributed by atoms with van der Waals surface area (Å²) in [6.45, 7) is 4.94. The third kappa shape index (κ3) is 7.58. The van der Waals surface area contributed by atoms with E-state index < -0.39 is 59.3 Å². The van der Waals surface area contributed by atoms with Crippen molar-refractivity contribution in [2.45, 2.75) is 63.8 Å². The van der Waals surface area contributed by atoms with Crippen LogP contribution < -0.4 is 10.1 Å². The standard InChI is InChI=1S/C26H35FN4O8/c1-26(2,3)39-25(37)28-16-11-17-14-38-20-8-6-15(27)10-18(20)23(34)30(5)19(24(35)36)7-9-21(32)29(4)13-22(33)31(17)12-16/h6,8,10,16-17,19H,7,9,11-14H2,1-5H3,(H,28,37)(H,35,36)/t16-,17-,19+/m0/s1. The van der Waals surface area contributed by atoms with Gasteiger partial charge in [0.05, 0.1) is 24.2 Å². The fourth-order valence-electron chi connectivity index (χ4n) is 4.59. The van der Waals surface area contributed by atoms with Crippen molar-refractivity contribution in [1.29, 1.82) is 0 Å². The molecule has 2 aliphatic heterocycles. The highest BCUT2D eigenvalue weighted by Crippen LogP contribution is 2.26. The minimum atomic E-state index is -1.37. The number of rotatable bonds is 2. The Bertz CT molecular complexity index is 1140. The van der Waals surface area contributed by atoms with Crippen LogP contribution in [0.15, 0.2) is 18.2 Å². The number of hydrogen-bond acceptors (Lipinski definition) is 7. The monoisotopic (exact) mass is 550 g/mol. The molecule has 2 heterocycles. The van der Waals surface area contributed by atoms with Gasteiger partial charge >= 0.3 is 12.1 Å². The first kappa shape index (κ1) is 29.7. The highest BCUT2D eigenvalue weighted by atomic mass is 19.1. The van der Waals surface area contributed by atoms with Gasteiger partial charge in [-0.25, -0.2) is 14.0 Å². The Labute approximate surface area is 226 Å². The van der Waals surface area contributed by atoms with Crippen molar-refractivity contribution < 1.29 is 42.9 Å². The number of carbonyl (C=O) groups excluding carboxylic acids is 4. The summed E-state index contributed by atoms with van der Waals surface area (Å²) in [6, 6.07) is 0.938. The molecule has 0 aromatic heterocycles. The molecule has 0 radical (unpaired) electrons. The number of carbonyl (C=O) groups is 5. The molecule has 0 saturated carbocycles. The Morgan fingerprint density at radius 2 is 1.85 bits per heavy atom. The van der Waals surface area contributed by atoms with E-state index in [9.17, 15) is 33.5 Å². The lowest BCUT2D eigenvalue weighted by atomic mass is 10.1. The fraction of sp³-hybridized carbons (Fsp3) is 0.577. The number of likely N-dealkylation sites (N-methyl/N-ethyl adjacent to an activating group) is 2. The number of fused-ring (bicyclic) bond motifs is 2. The van der Waals surface area contributed by atoms with E-state index in [1.807, 2.05) is 0 Å². The molecule has 214 valence electrons. The fourth-order valence-corrected chi connectivity index (χ4v) is 4.59. The normalized spacial score (nSPS) is 23.3. The highest BCUT2D eigenvalue weighted by molar-refractivity contribution is 5.99. The van der Waals surface area contributed by atoms with Crippen molar-refractivity contribution in [3.8, 4) is 5.75 Å². The quantitative estimate of drug-likeness (QED) is 0.563. The summed E-state index contributed by atoms with van der Waals surface area (Å²) in [5.74, 6) is -3.71. The van der Waals surface area contributed by atoms with Gasteiger partial charge in [-0.05, 0) is 51.8 Å². The summed E-state index contributed by atoms with van der Waals surface area (Å²) in [5.41, 5.74) is -0.908. The molecule has 1 saturated heterocycles. The van der Waals surface area contributed by atoms with E-state index in [1.165, 1.54) is 30.0 Å². The lowest BCUT2D eigenvalue weighted by Crippen LogP contribution is -2.46. The Morgan fingerprint density at radius 3 is 2.49 bits per heavy atom. The second-order valence-electron chi connectivity index (χ2n) is 10.8. The van der Waals surface area contributed by atoms with E-state index >= 15 is 0 Å². The van der Waals surface area contributed by atoms with Gasteiger partial charge < -0.3 is 34.6 Å². The summed E-state index contributed by atoms with van der Waals surface area (Å²) >= 11 is 0. The molecule has 2 aliphatic rings. The van der Waals surface area contributed by atoms with E-state index in [0.29, 0.717) is 6.42 Å². The number of carboxylic acids is 1. The number of aliphatic carboxylic acids is 1. The summed E-state index contributed by atoms with van der Waals surface area (Å²) in [6.07, 6.45) is -0.793. The number of halogens is 1. The molecule has 39 heavy (non-hydrogen) atoms. The first-order valence-electron chi connectivity index (χ1n) is 12.6. The second-order valence-corrected chi connectivity index (χ2v) is 10.8. The number of nitrogens with zero attached hydrogens (tertiary/aromatic N) is 3. The summed E-state index contributed by atoms with van der Waals surface area (Å²) in [4.78, 5) is 67.1. The van der Waals surface area contributed by atoms with Crippen LogP contribution in [0, 0.1) is 5.82 Å². The smallest absolute Gasteiger partial charge is 0.407 e. The molecule has 0 spiro atoms. The van der Waals surface area contributed by atoms with Gasteiger partial charge in [0.25, 0.3) is 5.91 Å². The molecule has 4 amide bonds. The number of ether oxygens (including phenoxy) is 2. The number of alkyl carbamates (subject to hydrolysis) is 1. The third-order valence-electron chi connectivity index (χ3n) is 6.56.